The quantitative estimate of drug-likeness (QED) is 0.567. The summed E-state index contributed by atoms with van der Waals surface area (Å²) in [6.45, 7) is 3.64. The van der Waals surface area contributed by atoms with Gasteiger partial charge in [0.1, 0.15) is 6.16 Å². The zero-order chi connectivity index (χ0) is 7.33. The molecule has 0 spiro atoms. The second-order valence-electron chi connectivity index (χ2n) is 1.75. The molecule has 0 unspecified atom stereocenters. The maximum atomic E-state index is 11.0. The highest BCUT2D eigenvalue weighted by atomic mass is 31.2. The first-order valence-electron chi connectivity index (χ1n) is 2.70. The first-order valence-corrected chi connectivity index (χ1v) is 4.96. The van der Waals surface area contributed by atoms with Gasteiger partial charge >= 0.3 is 0 Å². The van der Waals surface area contributed by atoms with Crippen molar-refractivity contribution in [3.8, 4) is 6.07 Å². The molecule has 52 valence electrons. The molecular formula is C5H10NO2P. The lowest BCUT2D eigenvalue weighted by Gasteiger charge is -2.06. The number of nitriles is 1. The number of hydrogen-bond donors (Lipinski definition) is 0. The van der Waals surface area contributed by atoms with Gasteiger partial charge < -0.3 is 4.52 Å². The van der Waals surface area contributed by atoms with E-state index < -0.39 is 7.37 Å². The van der Waals surface area contributed by atoms with Crippen LogP contribution < -0.4 is 0 Å². The van der Waals surface area contributed by atoms with Crippen LogP contribution in [0.1, 0.15) is 6.92 Å². The number of hydrogen-bond acceptors (Lipinski definition) is 3. The third-order valence-corrected chi connectivity index (χ3v) is 2.28. The molecule has 0 aromatic heterocycles. The van der Waals surface area contributed by atoms with Crippen molar-refractivity contribution in [1.29, 1.82) is 5.26 Å². The van der Waals surface area contributed by atoms with Crippen LogP contribution >= 0.6 is 7.37 Å². The average molecular weight is 147 g/mol. The first kappa shape index (κ1) is 8.68. The van der Waals surface area contributed by atoms with Gasteiger partial charge in [0.25, 0.3) is 0 Å². The lowest BCUT2D eigenvalue weighted by atomic mass is 10.9. The standard InChI is InChI=1S/C5H10NO2P/c1-3-8-9(2,7)5-4-6/h3,5H2,1-2H3/t9-/m0/s1. The normalized spacial score (nSPS) is 16.1. The number of rotatable bonds is 3. The Hall–Kier alpha value is -0.320. The smallest absolute Gasteiger partial charge is 0.213 e. The SMILES string of the molecule is CCO[P@](C)(=O)CC#N. The first-order chi connectivity index (χ1) is 4.12. The van der Waals surface area contributed by atoms with Gasteiger partial charge in [0.05, 0.1) is 12.7 Å². The summed E-state index contributed by atoms with van der Waals surface area (Å²) in [4.78, 5) is 0. The van der Waals surface area contributed by atoms with E-state index in [9.17, 15) is 4.57 Å². The molecule has 0 radical (unpaired) electrons. The van der Waals surface area contributed by atoms with Crippen molar-refractivity contribution < 1.29 is 9.09 Å². The van der Waals surface area contributed by atoms with Gasteiger partial charge in [-0.05, 0) is 6.92 Å². The minimum atomic E-state index is -2.55. The molecule has 0 N–H and O–H groups in total. The van der Waals surface area contributed by atoms with Crippen LogP contribution in [0.25, 0.3) is 0 Å². The predicted molar refractivity (Wildman–Crippen MR) is 35.6 cm³/mol. The fraction of sp³-hybridized carbons (Fsp3) is 0.800. The minimum Gasteiger partial charge on any atom is -0.328 e. The van der Waals surface area contributed by atoms with Crippen molar-refractivity contribution in [1.82, 2.24) is 0 Å². The Morgan fingerprint density at radius 2 is 2.33 bits per heavy atom. The maximum absolute atomic E-state index is 11.0. The third-order valence-electron chi connectivity index (χ3n) is 0.760. The van der Waals surface area contributed by atoms with Crippen molar-refractivity contribution in [2.24, 2.45) is 0 Å². The largest absolute Gasteiger partial charge is 0.328 e. The Balaban J connectivity index is 3.75. The fourth-order valence-electron chi connectivity index (χ4n) is 0.447. The van der Waals surface area contributed by atoms with E-state index in [-0.39, 0.29) is 6.16 Å². The monoisotopic (exact) mass is 147 g/mol. The maximum Gasteiger partial charge on any atom is 0.213 e. The molecule has 0 aromatic rings. The zero-order valence-electron chi connectivity index (χ0n) is 5.63. The van der Waals surface area contributed by atoms with E-state index in [2.05, 4.69) is 0 Å². The molecule has 9 heavy (non-hydrogen) atoms. The van der Waals surface area contributed by atoms with E-state index >= 15 is 0 Å². The Kier molecular flexibility index (Phi) is 3.53. The van der Waals surface area contributed by atoms with Gasteiger partial charge in [-0.3, -0.25) is 4.57 Å². The van der Waals surface area contributed by atoms with E-state index in [1.807, 2.05) is 0 Å². The molecule has 0 bridgehead atoms. The van der Waals surface area contributed by atoms with E-state index in [0.29, 0.717) is 6.61 Å². The van der Waals surface area contributed by atoms with Crippen LogP contribution in [0.4, 0.5) is 0 Å². The second kappa shape index (κ2) is 3.66. The van der Waals surface area contributed by atoms with E-state index in [0.717, 1.165) is 0 Å². The van der Waals surface area contributed by atoms with Gasteiger partial charge in [-0.25, -0.2) is 0 Å². The lowest BCUT2D eigenvalue weighted by Crippen LogP contribution is -1.90. The van der Waals surface area contributed by atoms with Crippen LogP contribution in [-0.4, -0.2) is 19.4 Å². The summed E-state index contributed by atoms with van der Waals surface area (Å²) in [5.41, 5.74) is 0. The average Bonchev–Trinajstić information content (AvgIpc) is 1.64. The van der Waals surface area contributed by atoms with E-state index in [1.165, 1.54) is 6.66 Å². The summed E-state index contributed by atoms with van der Waals surface area (Å²) in [6, 6.07) is 1.80. The summed E-state index contributed by atoms with van der Waals surface area (Å²) >= 11 is 0. The minimum absolute atomic E-state index is 0.0147. The lowest BCUT2D eigenvalue weighted by molar-refractivity contribution is 0.339. The Bertz CT molecular complexity index is 161. The summed E-state index contributed by atoms with van der Waals surface area (Å²) in [7, 11) is -2.55. The van der Waals surface area contributed by atoms with Gasteiger partial charge in [0.2, 0.25) is 7.37 Å². The van der Waals surface area contributed by atoms with Crippen LogP contribution in [0.5, 0.6) is 0 Å². The third kappa shape index (κ3) is 4.20. The van der Waals surface area contributed by atoms with Crippen molar-refractivity contribution >= 4 is 7.37 Å². The molecular weight excluding hydrogens is 137 g/mol. The Morgan fingerprint density at radius 3 is 2.67 bits per heavy atom. The highest BCUT2D eigenvalue weighted by molar-refractivity contribution is 7.58. The Labute approximate surface area is 55.1 Å². The van der Waals surface area contributed by atoms with Crippen LogP contribution in [0, 0.1) is 11.3 Å². The fourth-order valence-corrected chi connectivity index (χ4v) is 1.34. The molecule has 0 heterocycles. The van der Waals surface area contributed by atoms with E-state index in [4.69, 9.17) is 9.79 Å². The van der Waals surface area contributed by atoms with Gasteiger partial charge in [-0.2, -0.15) is 5.26 Å². The Morgan fingerprint density at radius 1 is 1.78 bits per heavy atom. The molecule has 0 aliphatic rings. The van der Waals surface area contributed by atoms with Crippen LogP contribution in [0.2, 0.25) is 0 Å². The van der Waals surface area contributed by atoms with Crippen molar-refractivity contribution in [2.45, 2.75) is 6.92 Å². The van der Waals surface area contributed by atoms with Gasteiger partial charge in [0.15, 0.2) is 0 Å². The van der Waals surface area contributed by atoms with Gasteiger partial charge in [0, 0.05) is 6.66 Å². The molecule has 0 rings (SSSR count). The molecule has 0 aliphatic heterocycles. The molecule has 0 amide bonds. The van der Waals surface area contributed by atoms with Crippen molar-refractivity contribution in [3.05, 3.63) is 0 Å². The topological polar surface area (TPSA) is 50.1 Å². The summed E-state index contributed by atoms with van der Waals surface area (Å²) in [6.07, 6.45) is 0.0147. The van der Waals surface area contributed by atoms with Crippen molar-refractivity contribution in [2.75, 3.05) is 19.4 Å². The van der Waals surface area contributed by atoms with Gasteiger partial charge in [-0.1, -0.05) is 0 Å². The van der Waals surface area contributed by atoms with Crippen molar-refractivity contribution in [3.63, 3.8) is 0 Å². The molecule has 3 nitrogen and oxygen atoms in total. The number of nitrogens with zero attached hydrogens (tertiary/aromatic N) is 1. The molecule has 4 heteroatoms. The molecule has 1 atom stereocenters. The zero-order valence-corrected chi connectivity index (χ0v) is 6.52. The molecule has 0 saturated heterocycles. The highest BCUT2D eigenvalue weighted by Crippen LogP contribution is 2.41. The molecule has 0 fully saturated rings. The predicted octanol–water partition coefficient (Wildman–Crippen LogP) is 1.45. The van der Waals surface area contributed by atoms with Crippen LogP contribution in [-0.2, 0) is 9.09 Å². The van der Waals surface area contributed by atoms with E-state index in [1.54, 1.807) is 13.0 Å². The second-order valence-corrected chi connectivity index (χ2v) is 4.35. The molecule has 0 aliphatic carbocycles. The summed E-state index contributed by atoms with van der Waals surface area (Å²) < 4.78 is 15.8. The summed E-state index contributed by atoms with van der Waals surface area (Å²) in [5.74, 6) is 0. The van der Waals surface area contributed by atoms with Crippen LogP contribution in [0.3, 0.4) is 0 Å². The molecule has 0 aromatic carbocycles. The van der Waals surface area contributed by atoms with Gasteiger partial charge in [-0.15, -0.1) is 0 Å². The summed E-state index contributed by atoms with van der Waals surface area (Å²) in [5, 5.41) is 8.13. The molecule has 0 saturated carbocycles. The highest BCUT2D eigenvalue weighted by Gasteiger charge is 2.12. The van der Waals surface area contributed by atoms with Crippen LogP contribution in [0.15, 0.2) is 0 Å².